The molecule has 1 aromatic heterocycles. The molecule has 128 valence electrons. The Balaban J connectivity index is 0.00000264. The second-order valence-corrected chi connectivity index (χ2v) is 5.38. The van der Waals surface area contributed by atoms with Gasteiger partial charge in [-0.2, -0.15) is 0 Å². The molecule has 1 aromatic carbocycles. The Hall–Kier alpha value is -1.72. The van der Waals surface area contributed by atoms with Gasteiger partial charge in [0.25, 0.3) is 0 Å². The molecule has 2 aromatic rings. The summed E-state index contributed by atoms with van der Waals surface area (Å²) >= 11 is 0. The summed E-state index contributed by atoms with van der Waals surface area (Å²) in [7, 11) is 0. The minimum absolute atomic E-state index is 0. The van der Waals surface area contributed by atoms with E-state index in [4.69, 9.17) is 14.9 Å². The second-order valence-electron chi connectivity index (χ2n) is 5.38. The number of fused-ring (bicyclic) bond motifs is 1. The third kappa shape index (κ3) is 4.62. The number of carbonyl (C=O) groups is 1. The van der Waals surface area contributed by atoms with E-state index in [1.807, 2.05) is 45.0 Å². The fraction of sp³-hybridized carbons (Fsp3) is 0.471. The van der Waals surface area contributed by atoms with E-state index in [0.29, 0.717) is 30.1 Å². The summed E-state index contributed by atoms with van der Waals surface area (Å²) < 4.78 is 11.4. The van der Waals surface area contributed by atoms with Crippen molar-refractivity contribution < 1.29 is 13.9 Å². The number of nitrogens with one attached hydrogen (secondary N) is 1. The number of benzene rings is 1. The van der Waals surface area contributed by atoms with E-state index in [-0.39, 0.29) is 24.4 Å². The third-order valence-corrected chi connectivity index (χ3v) is 3.55. The second kappa shape index (κ2) is 8.79. The predicted molar refractivity (Wildman–Crippen MR) is 94.1 cm³/mol. The quantitative estimate of drug-likeness (QED) is 0.807. The Kier molecular flexibility index (Phi) is 7.39. The molecule has 2 atom stereocenters. The largest absolute Gasteiger partial charge is 0.490 e. The van der Waals surface area contributed by atoms with Crippen LogP contribution in [0.2, 0.25) is 0 Å². The van der Waals surface area contributed by atoms with Crippen molar-refractivity contribution in [3.05, 3.63) is 30.0 Å². The Bertz CT molecular complexity index is 642. The first-order valence-corrected chi connectivity index (χ1v) is 7.78. The van der Waals surface area contributed by atoms with E-state index in [2.05, 4.69) is 5.32 Å². The first-order valence-electron chi connectivity index (χ1n) is 7.78. The van der Waals surface area contributed by atoms with Crippen molar-refractivity contribution in [3.8, 4) is 5.75 Å². The van der Waals surface area contributed by atoms with Gasteiger partial charge in [0.1, 0.15) is 5.76 Å². The van der Waals surface area contributed by atoms with Gasteiger partial charge >= 0.3 is 0 Å². The first kappa shape index (κ1) is 19.3. The summed E-state index contributed by atoms with van der Waals surface area (Å²) in [6.45, 7) is 6.40. The Morgan fingerprint density at radius 1 is 1.39 bits per heavy atom. The third-order valence-electron chi connectivity index (χ3n) is 3.55. The Morgan fingerprint density at radius 3 is 2.78 bits per heavy atom. The summed E-state index contributed by atoms with van der Waals surface area (Å²) in [5.74, 6) is 1.26. The van der Waals surface area contributed by atoms with Crippen LogP contribution in [-0.2, 0) is 4.79 Å². The number of hydrogen-bond donors (Lipinski definition) is 2. The molecule has 3 N–H and O–H groups in total. The van der Waals surface area contributed by atoms with Gasteiger partial charge in [0, 0.05) is 5.39 Å². The maximum atomic E-state index is 12.0. The average Bonchev–Trinajstić information content (AvgIpc) is 2.93. The molecule has 2 rings (SSSR count). The molecule has 1 amide bonds. The summed E-state index contributed by atoms with van der Waals surface area (Å²) in [4.78, 5) is 12.0. The van der Waals surface area contributed by atoms with Crippen molar-refractivity contribution in [2.24, 2.45) is 5.73 Å². The molecule has 0 radical (unpaired) electrons. The molecule has 1 heterocycles. The highest BCUT2D eigenvalue weighted by molar-refractivity contribution is 5.85. The normalized spacial score (nSPS) is 13.2. The number of halogens is 1. The summed E-state index contributed by atoms with van der Waals surface area (Å²) in [6, 6.07) is 6.97. The van der Waals surface area contributed by atoms with E-state index in [0.717, 1.165) is 11.8 Å². The molecule has 0 bridgehead atoms. The lowest BCUT2D eigenvalue weighted by Crippen LogP contribution is -2.41. The molecular formula is C17H25ClN2O3. The van der Waals surface area contributed by atoms with Crippen molar-refractivity contribution >= 4 is 29.3 Å². The topological polar surface area (TPSA) is 77.5 Å². The molecule has 6 heteroatoms. The van der Waals surface area contributed by atoms with Crippen LogP contribution in [0.4, 0.5) is 0 Å². The van der Waals surface area contributed by atoms with Crippen molar-refractivity contribution in [2.45, 2.75) is 45.7 Å². The molecule has 0 aliphatic heterocycles. The predicted octanol–water partition coefficient (Wildman–Crippen LogP) is 3.56. The monoisotopic (exact) mass is 340 g/mol. The first-order chi connectivity index (χ1) is 10.6. The maximum absolute atomic E-state index is 12.0. The number of hydrogen-bond acceptors (Lipinski definition) is 4. The lowest BCUT2D eigenvalue weighted by atomic mass is 10.1. The average molecular weight is 341 g/mol. The van der Waals surface area contributed by atoms with Gasteiger partial charge in [-0.3, -0.25) is 4.79 Å². The molecule has 0 saturated carbocycles. The minimum atomic E-state index is -0.476. The Morgan fingerprint density at radius 2 is 2.13 bits per heavy atom. The lowest BCUT2D eigenvalue weighted by Gasteiger charge is -2.15. The van der Waals surface area contributed by atoms with Crippen LogP contribution in [0, 0.1) is 0 Å². The van der Waals surface area contributed by atoms with Crippen LogP contribution in [0.3, 0.4) is 0 Å². The summed E-state index contributed by atoms with van der Waals surface area (Å²) in [5.41, 5.74) is 6.54. The van der Waals surface area contributed by atoms with Crippen LogP contribution < -0.4 is 15.8 Å². The van der Waals surface area contributed by atoms with Crippen molar-refractivity contribution in [1.29, 1.82) is 0 Å². The smallest absolute Gasteiger partial charge is 0.237 e. The van der Waals surface area contributed by atoms with Gasteiger partial charge in [-0.05, 0) is 32.4 Å². The minimum Gasteiger partial charge on any atom is -0.490 e. The summed E-state index contributed by atoms with van der Waals surface area (Å²) in [5, 5.41) is 3.85. The van der Waals surface area contributed by atoms with Crippen molar-refractivity contribution in [3.63, 3.8) is 0 Å². The zero-order valence-corrected chi connectivity index (χ0v) is 14.6. The van der Waals surface area contributed by atoms with Crippen LogP contribution in [0.1, 0.15) is 45.4 Å². The van der Waals surface area contributed by atoms with Gasteiger partial charge < -0.3 is 20.2 Å². The summed E-state index contributed by atoms with van der Waals surface area (Å²) in [6.07, 6.45) is 1.55. The van der Waals surface area contributed by atoms with Gasteiger partial charge in [0.15, 0.2) is 11.3 Å². The van der Waals surface area contributed by atoms with Gasteiger partial charge in [-0.15, -0.1) is 12.4 Å². The molecule has 0 spiro atoms. The molecular weight excluding hydrogens is 316 g/mol. The number of carbonyl (C=O) groups excluding carboxylic acids is 1. The highest BCUT2D eigenvalue weighted by atomic mass is 35.5. The number of nitrogens with two attached hydrogens (primary N) is 1. The van der Waals surface area contributed by atoms with E-state index >= 15 is 0 Å². The van der Waals surface area contributed by atoms with E-state index < -0.39 is 6.04 Å². The van der Waals surface area contributed by atoms with Gasteiger partial charge in [-0.25, -0.2) is 0 Å². The molecule has 23 heavy (non-hydrogen) atoms. The van der Waals surface area contributed by atoms with Gasteiger partial charge in [-0.1, -0.05) is 25.5 Å². The number of para-hydroxylation sites is 1. The SMILES string of the molecule is CCCC(N)C(=O)NC(C)c1cc2cccc(OCC)c2o1.Cl. The fourth-order valence-corrected chi connectivity index (χ4v) is 2.37. The fourth-order valence-electron chi connectivity index (χ4n) is 2.37. The highest BCUT2D eigenvalue weighted by Gasteiger charge is 2.19. The Labute approximate surface area is 143 Å². The zero-order chi connectivity index (χ0) is 16.1. The van der Waals surface area contributed by atoms with Crippen LogP contribution in [0.15, 0.2) is 28.7 Å². The molecule has 0 aliphatic carbocycles. The maximum Gasteiger partial charge on any atom is 0.237 e. The number of rotatable bonds is 7. The van der Waals surface area contributed by atoms with Crippen molar-refractivity contribution in [2.75, 3.05) is 6.61 Å². The number of furan rings is 1. The van der Waals surface area contributed by atoms with Gasteiger partial charge in [0.2, 0.25) is 5.91 Å². The van der Waals surface area contributed by atoms with Crippen LogP contribution in [0.5, 0.6) is 5.75 Å². The molecule has 0 saturated heterocycles. The highest BCUT2D eigenvalue weighted by Crippen LogP contribution is 2.31. The molecule has 0 aliphatic rings. The lowest BCUT2D eigenvalue weighted by molar-refractivity contribution is -0.123. The van der Waals surface area contributed by atoms with Crippen molar-refractivity contribution in [1.82, 2.24) is 5.32 Å². The van der Waals surface area contributed by atoms with Crippen LogP contribution >= 0.6 is 12.4 Å². The standard InChI is InChI=1S/C17H24N2O3.ClH/c1-4-7-13(18)17(20)19-11(3)15-10-12-8-6-9-14(21-5-2)16(12)22-15;/h6,8-11,13H,4-5,7,18H2,1-3H3,(H,19,20);1H. The number of amides is 1. The zero-order valence-electron chi connectivity index (χ0n) is 13.8. The van der Waals surface area contributed by atoms with E-state index in [9.17, 15) is 4.79 Å². The van der Waals surface area contributed by atoms with Crippen LogP contribution in [-0.4, -0.2) is 18.6 Å². The number of ether oxygens (including phenoxy) is 1. The molecule has 2 unspecified atom stereocenters. The van der Waals surface area contributed by atoms with E-state index in [1.165, 1.54) is 0 Å². The van der Waals surface area contributed by atoms with E-state index in [1.54, 1.807) is 0 Å². The van der Waals surface area contributed by atoms with Gasteiger partial charge in [0.05, 0.1) is 18.7 Å². The van der Waals surface area contributed by atoms with Crippen LogP contribution in [0.25, 0.3) is 11.0 Å². The molecule has 5 nitrogen and oxygen atoms in total. The molecule has 0 fully saturated rings.